The fraction of sp³-hybridized carbons (Fsp3) is 0.750. The highest BCUT2D eigenvalue weighted by Gasteiger charge is 2.64. The third kappa shape index (κ3) is 3.20. The summed E-state index contributed by atoms with van der Waals surface area (Å²) in [6, 6.07) is 0. The van der Waals surface area contributed by atoms with E-state index in [1.165, 1.54) is 12.8 Å². The van der Waals surface area contributed by atoms with Crippen LogP contribution >= 0.6 is 0 Å². The molecule has 166 valence electrons. The van der Waals surface area contributed by atoms with Crippen molar-refractivity contribution in [2.75, 3.05) is 0 Å². The molecule has 0 amide bonds. The molecule has 0 heterocycles. The van der Waals surface area contributed by atoms with Gasteiger partial charge in [0.15, 0.2) is 5.78 Å². The van der Waals surface area contributed by atoms with Crippen LogP contribution in [0.2, 0.25) is 0 Å². The predicted molar refractivity (Wildman–Crippen MR) is 124 cm³/mol. The summed E-state index contributed by atoms with van der Waals surface area (Å²) in [6.07, 6.45) is 17.0. The van der Waals surface area contributed by atoms with E-state index in [4.69, 9.17) is 0 Å². The maximum absolute atomic E-state index is 12.2. The molecular weight excluding hydrogens is 368 g/mol. The second-order valence-electron chi connectivity index (χ2n) is 11.9. The molecule has 0 bridgehead atoms. The first-order chi connectivity index (χ1) is 14.0. The number of rotatable bonds is 4. The molecule has 0 spiro atoms. The van der Waals surface area contributed by atoms with Crippen LogP contribution in [0.1, 0.15) is 80.1 Å². The molecule has 2 fully saturated rings. The van der Waals surface area contributed by atoms with Crippen molar-refractivity contribution in [3.63, 3.8) is 0 Å². The number of aliphatic hydroxyl groups is 1. The van der Waals surface area contributed by atoms with Crippen molar-refractivity contribution in [3.05, 3.63) is 36.0 Å². The molecule has 0 aliphatic heterocycles. The van der Waals surface area contributed by atoms with E-state index in [0.29, 0.717) is 36.0 Å². The molecule has 4 aliphatic rings. The summed E-state index contributed by atoms with van der Waals surface area (Å²) >= 11 is 0. The fourth-order valence-electron chi connectivity index (χ4n) is 7.72. The van der Waals surface area contributed by atoms with Crippen molar-refractivity contribution in [3.8, 4) is 0 Å². The first-order valence-corrected chi connectivity index (χ1v) is 12.4. The SMILES string of the molecule is CC(C)C(C)C=CC(C)C1CCC2C3(O)C=CC4=CC(=O)CCC4(C)C3CCC12C. The van der Waals surface area contributed by atoms with Gasteiger partial charge in [-0.25, -0.2) is 0 Å². The lowest BCUT2D eigenvalue weighted by Gasteiger charge is -2.60. The topological polar surface area (TPSA) is 37.3 Å². The van der Waals surface area contributed by atoms with Gasteiger partial charge in [-0.2, -0.15) is 0 Å². The molecule has 4 rings (SSSR count). The molecule has 0 aromatic heterocycles. The van der Waals surface area contributed by atoms with Crippen LogP contribution in [-0.4, -0.2) is 16.5 Å². The first kappa shape index (κ1) is 22.1. The van der Waals surface area contributed by atoms with Crippen molar-refractivity contribution in [1.82, 2.24) is 0 Å². The number of ketones is 1. The van der Waals surface area contributed by atoms with E-state index >= 15 is 0 Å². The van der Waals surface area contributed by atoms with E-state index in [0.717, 1.165) is 24.8 Å². The summed E-state index contributed by atoms with van der Waals surface area (Å²) in [5.41, 5.74) is 0.547. The zero-order chi connectivity index (χ0) is 21.9. The number of fused-ring (bicyclic) bond motifs is 5. The summed E-state index contributed by atoms with van der Waals surface area (Å²) in [4.78, 5) is 12.0. The molecular formula is C28H42O2. The Morgan fingerprint density at radius 1 is 1.03 bits per heavy atom. The average Bonchev–Trinajstić information content (AvgIpc) is 3.05. The van der Waals surface area contributed by atoms with E-state index in [2.05, 4.69) is 65.8 Å². The summed E-state index contributed by atoms with van der Waals surface area (Å²) in [5.74, 6) is 3.27. The standard InChI is InChI=1S/C28H42O2/c1-18(2)19(3)7-8-20(4)23-9-10-24-27(23,6)15-13-25-26(5)14-12-22(29)17-21(26)11-16-28(24,25)30/h7-8,11,16-20,23-25,30H,9-10,12-15H2,1-6H3. The number of hydrogen-bond donors (Lipinski definition) is 1. The lowest BCUT2D eigenvalue weighted by molar-refractivity contribution is -0.149. The maximum Gasteiger partial charge on any atom is 0.156 e. The van der Waals surface area contributed by atoms with Crippen LogP contribution in [0.15, 0.2) is 36.0 Å². The Balaban J connectivity index is 1.62. The average molecular weight is 411 g/mol. The Morgan fingerprint density at radius 3 is 2.47 bits per heavy atom. The van der Waals surface area contributed by atoms with Gasteiger partial charge in [0.2, 0.25) is 0 Å². The summed E-state index contributed by atoms with van der Waals surface area (Å²) < 4.78 is 0. The van der Waals surface area contributed by atoms with Crippen LogP contribution in [0.25, 0.3) is 0 Å². The van der Waals surface area contributed by atoms with Gasteiger partial charge in [-0.05, 0) is 84.2 Å². The lowest BCUT2D eigenvalue weighted by atomic mass is 9.46. The third-order valence-electron chi connectivity index (χ3n) is 10.1. The van der Waals surface area contributed by atoms with Gasteiger partial charge in [0.1, 0.15) is 0 Å². The number of allylic oxidation sites excluding steroid dienone is 5. The molecule has 0 aromatic rings. The van der Waals surface area contributed by atoms with Crippen LogP contribution in [0.3, 0.4) is 0 Å². The van der Waals surface area contributed by atoms with Crippen molar-refractivity contribution in [1.29, 1.82) is 0 Å². The molecule has 30 heavy (non-hydrogen) atoms. The Morgan fingerprint density at radius 2 is 1.77 bits per heavy atom. The monoisotopic (exact) mass is 410 g/mol. The molecule has 2 nitrogen and oxygen atoms in total. The normalized spacial score (nSPS) is 45.1. The third-order valence-corrected chi connectivity index (χ3v) is 10.1. The summed E-state index contributed by atoms with van der Waals surface area (Å²) in [7, 11) is 0. The van der Waals surface area contributed by atoms with E-state index in [9.17, 15) is 9.90 Å². The summed E-state index contributed by atoms with van der Waals surface area (Å²) in [5, 5.41) is 12.2. The Hall–Kier alpha value is -1.15. The summed E-state index contributed by atoms with van der Waals surface area (Å²) in [6.45, 7) is 14.1. The predicted octanol–water partition coefficient (Wildman–Crippen LogP) is 6.51. The molecule has 2 heteroatoms. The lowest BCUT2D eigenvalue weighted by Crippen LogP contribution is -2.60. The molecule has 8 atom stereocenters. The van der Waals surface area contributed by atoms with Gasteiger partial charge in [0.05, 0.1) is 5.60 Å². The largest absolute Gasteiger partial charge is 0.385 e. The number of carbonyl (C=O) groups is 1. The molecule has 0 saturated heterocycles. The fourth-order valence-corrected chi connectivity index (χ4v) is 7.72. The minimum atomic E-state index is -0.733. The van der Waals surface area contributed by atoms with Crippen LogP contribution < -0.4 is 0 Å². The Labute approximate surface area is 183 Å². The number of carbonyl (C=O) groups excluding carboxylic acids is 1. The molecule has 8 unspecified atom stereocenters. The van der Waals surface area contributed by atoms with Gasteiger partial charge < -0.3 is 5.11 Å². The van der Waals surface area contributed by atoms with Gasteiger partial charge in [0, 0.05) is 12.3 Å². The van der Waals surface area contributed by atoms with E-state index in [-0.39, 0.29) is 22.5 Å². The first-order valence-electron chi connectivity index (χ1n) is 12.4. The van der Waals surface area contributed by atoms with E-state index in [1.54, 1.807) is 0 Å². The smallest absolute Gasteiger partial charge is 0.156 e. The number of hydrogen-bond acceptors (Lipinski definition) is 2. The Kier molecular flexibility index (Phi) is 5.49. The second kappa shape index (κ2) is 7.47. The van der Waals surface area contributed by atoms with Crippen molar-refractivity contribution in [2.24, 2.45) is 46.3 Å². The van der Waals surface area contributed by atoms with Crippen LogP contribution in [-0.2, 0) is 4.79 Å². The Bertz CT molecular complexity index is 788. The van der Waals surface area contributed by atoms with Crippen LogP contribution in [0, 0.1) is 46.3 Å². The van der Waals surface area contributed by atoms with Gasteiger partial charge in [0.25, 0.3) is 0 Å². The van der Waals surface area contributed by atoms with Crippen LogP contribution in [0.5, 0.6) is 0 Å². The molecule has 2 saturated carbocycles. The van der Waals surface area contributed by atoms with E-state index in [1.807, 2.05) is 6.08 Å². The van der Waals surface area contributed by atoms with Crippen molar-refractivity contribution in [2.45, 2.75) is 85.7 Å². The molecule has 0 radical (unpaired) electrons. The highest BCUT2D eigenvalue weighted by atomic mass is 16.3. The quantitative estimate of drug-likeness (QED) is 0.536. The van der Waals surface area contributed by atoms with Gasteiger partial charge in [-0.3, -0.25) is 4.79 Å². The molecule has 4 aliphatic carbocycles. The second-order valence-corrected chi connectivity index (χ2v) is 11.9. The van der Waals surface area contributed by atoms with E-state index < -0.39 is 5.60 Å². The zero-order valence-corrected chi connectivity index (χ0v) is 19.9. The minimum Gasteiger partial charge on any atom is -0.385 e. The minimum absolute atomic E-state index is 0.0605. The van der Waals surface area contributed by atoms with Crippen molar-refractivity contribution < 1.29 is 9.90 Å². The highest BCUT2D eigenvalue weighted by molar-refractivity contribution is 5.92. The van der Waals surface area contributed by atoms with Crippen LogP contribution in [0.4, 0.5) is 0 Å². The molecule has 0 aromatic carbocycles. The molecule has 1 N–H and O–H groups in total. The van der Waals surface area contributed by atoms with Gasteiger partial charge in [-0.1, -0.05) is 65.8 Å². The van der Waals surface area contributed by atoms with Gasteiger partial charge in [-0.15, -0.1) is 0 Å². The van der Waals surface area contributed by atoms with Crippen molar-refractivity contribution >= 4 is 5.78 Å². The highest BCUT2D eigenvalue weighted by Crippen LogP contribution is 2.67. The van der Waals surface area contributed by atoms with Gasteiger partial charge >= 0.3 is 0 Å². The maximum atomic E-state index is 12.2. The zero-order valence-electron chi connectivity index (χ0n) is 19.9.